The molecule has 0 heterocycles. The van der Waals surface area contributed by atoms with E-state index in [0.29, 0.717) is 12.1 Å². The van der Waals surface area contributed by atoms with E-state index in [1.807, 2.05) is 0 Å². The van der Waals surface area contributed by atoms with Crippen molar-refractivity contribution < 1.29 is 26.7 Å². The van der Waals surface area contributed by atoms with Crippen molar-refractivity contribution in [2.24, 2.45) is 0 Å². The molecule has 1 fully saturated rings. The Morgan fingerprint density at radius 3 is 2.05 bits per heavy atom. The summed E-state index contributed by atoms with van der Waals surface area (Å²) in [5, 5.41) is 4.05. The predicted molar refractivity (Wildman–Crippen MR) is 61.4 cm³/mol. The van der Waals surface area contributed by atoms with Gasteiger partial charge >= 0.3 is 6.18 Å². The summed E-state index contributed by atoms with van der Waals surface area (Å²) in [5.41, 5.74) is -3.20. The van der Waals surface area contributed by atoms with Crippen LogP contribution in [0.15, 0.2) is 12.1 Å². The molecule has 1 aliphatic rings. The molecular weight excluding hydrogens is 283 g/mol. The van der Waals surface area contributed by atoms with Crippen molar-refractivity contribution in [2.45, 2.75) is 24.6 Å². The molecule has 3 nitrogen and oxygen atoms in total. The fraction of sp³-hybridized carbons (Fsp3) is 0.417. The topological polar surface area (TPSA) is 41.1 Å². The number of carbonyl (C=O) groups is 1. The van der Waals surface area contributed by atoms with Gasteiger partial charge in [0.25, 0.3) is 5.91 Å². The third kappa shape index (κ3) is 2.41. The number of carbonyl (C=O) groups excluding carboxylic acids is 1. The Balaban J connectivity index is 2.23. The number of rotatable bonds is 3. The minimum Gasteiger partial charge on any atom is -0.383 e. The second-order valence-corrected chi connectivity index (χ2v) is 4.60. The van der Waals surface area contributed by atoms with Crippen molar-refractivity contribution in [3.63, 3.8) is 0 Å². The molecule has 0 bridgehead atoms. The van der Waals surface area contributed by atoms with Crippen molar-refractivity contribution in [3.8, 4) is 0 Å². The normalized spacial score (nSPS) is 16.7. The lowest BCUT2D eigenvalue weighted by atomic mass is 10.1. The molecule has 0 radical (unpaired) electrons. The second kappa shape index (κ2) is 4.60. The molecule has 0 aromatic heterocycles. The van der Waals surface area contributed by atoms with E-state index in [1.54, 1.807) is 5.32 Å². The van der Waals surface area contributed by atoms with E-state index in [1.165, 1.54) is 7.05 Å². The standard InChI is InChI=1S/C12H11F5N2O/c1-18-9-7(13)4-6(5-8(9)14)10(20)19-11(2-3-11)12(15,16)17/h4-5,18H,2-3H2,1H3,(H,19,20). The maximum absolute atomic E-state index is 13.4. The van der Waals surface area contributed by atoms with Gasteiger partial charge in [0.2, 0.25) is 0 Å². The minimum absolute atomic E-state index is 0.234. The van der Waals surface area contributed by atoms with Gasteiger partial charge in [-0.25, -0.2) is 8.78 Å². The van der Waals surface area contributed by atoms with Gasteiger partial charge in [-0.3, -0.25) is 4.79 Å². The molecule has 110 valence electrons. The van der Waals surface area contributed by atoms with Crippen LogP contribution >= 0.6 is 0 Å². The molecule has 2 N–H and O–H groups in total. The third-order valence-electron chi connectivity index (χ3n) is 3.20. The van der Waals surface area contributed by atoms with E-state index in [9.17, 15) is 26.7 Å². The van der Waals surface area contributed by atoms with Gasteiger partial charge in [-0.1, -0.05) is 0 Å². The number of hydrogen-bond acceptors (Lipinski definition) is 2. The van der Waals surface area contributed by atoms with Crippen molar-refractivity contribution in [1.82, 2.24) is 5.32 Å². The summed E-state index contributed by atoms with van der Waals surface area (Å²) in [5.74, 6) is -3.25. The van der Waals surface area contributed by atoms with E-state index in [2.05, 4.69) is 5.32 Å². The van der Waals surface area contributed by atoms with Crippen LogP contribution in [0.25, 0.3) is 0 Å². The lowest BCUT2D eigenvalue weighted by Crippen LogP contribution is -2.47. The maximum Gasteiger partial charge on any atom is 0.411 e. The van der Waals surface area contributed by atoms with Gasteiger partial charge in [0.1, 0.15) is 22.9 Å². The number of halogens is 5. The van der Waals surface area contributed by atoms with Crippen LogP contribution in [-0.4, -0.2) is 24.7 Å². The van der Waals surface area contributed by atoms with Crippen LogP contribution in [0.5, 0.6) is 0 Å². The van der Waals surface area contributed by atoms with E-state index in [-0.39, 0.29) is 12.8 Å². The summed E-state index contributed by atoms with van der Waals surface area (Å²) < 4.78 is 64.9. The largest absolute Gasteiger partial charge is 0.411 e. The van der Waals surface area contributed by atoms with E-state index < -0.39 is 40.5 Å². The fourth-order valence-corrected chi connectivity index (χ4v) is 1.84. The Hall–Kier alpha value is -1.86. The average Bonchev–Trinajstić information content (AvgIpc) is 3.08. The van der Waals surface area contributed by atoms with Crippen molar-refractivity contribution in [2.75, 3.05) is 12.4 Å². The van der Waals surface area contributed by atoms with Gasteiger partial charge in [-0.2, -0.15) is 13.2 Å². The first-order valence-corrected chi connectivity index (χ1v) is 5.76. The van der Waals surface area contributed by atoms with Crippen molar-refractivity contribution in [3.05, 3.63) is 29.3 Å². The smallest absolute Gasteiger partial charge is 0.383 e. The zero-order valence-corrected chi connectivity index (χ0v) is 10.4. The fourth-order valence-electron chi connectivity index (χ4n) is 1.84. The minimum atomic E-state index is -4.58. The number of amides is 1. The Morgan fingerprint density at radius 1 is 1.20 bits per heavy atom. The summed E-state index contributed by atoms with van der Waals surface area (Å²) in [4.78, 5) is 11.7. The molecule has 0 atom stereocenters. The van der Waals surface area contributed by atoms with Crippen molar-refractivity contribution in [1.29, 1.82) is 0 Å². The average molecular weight is 294 g/mol. The number of alkyl halides is 3. The zero-order valence-electron chi connectivity index (χ0n) is 10.4. The van der Waals surface area contributed by atoms with E-state index in [0.717, 1.165) is 0 Å². The zero-order chi connectivity index (χ0) is 15.1. The predicted octanol–water partition coefficient (Wildman–Crippen LogP) is 2.83. The van der Waals surface area contributed by atoms with Gasteiger partial charge in [0, 0.05) is 12.6 Å². The number of nitrogens with one attached hydrogen (secondary N) is 2. The molecule has 0 unspecified atom stereocenters. The van der Waals surface area contributed by atoms with Gasteiger partial charge in [-0.05, 0) is 25.0 Å². The van der Waals surface area contributed by atoms with Crippen LogP contribution in [0.2, 0.25) is 0 Å². The van der Waals surface area contributed by atoms with E-state index in [4.69, 9.17) is 0 Å². The lowest BCUT2D eigenvalue weighted by molar-refractivity contribution is -0.163. The monoisotopic (exact) mass is 294 g/mol. The van der Waals surface area contributed by atoms with Gasteiger partial charge in [0.15, 0.2) is 0 Å². The first-order chi connectivity index (χ1) is 9.20. The first kappa shape index (κ1) is 14.5. The molecule has 20 heavy (non-hydrogen) atoms. The van der Waals surface area contributed by atoms with Crippen LogP contribution in [0.1, 0.15) is 23.2 Å². The molecule has 1 aliphatic carbocycles. The van der Waals surface area contributed by atoms with Gasteiger partial charge < -0.3 is 10.6 Å². The number of benzene rings is 1. The summed E-state index contributed by atoms with van der Waals surface area (Å²) in [6.07, 6.45) is -5.05. The lowest BCUT2D eigenvalue weighted by Gasteiger charge is -2.20. The van der Waals surface area contributed by atoms with Crippen LogP contribution in [0.4, 0.5) is 27.6 Å². The van der Waals surface area contributed by atoms with Crippen LogP contribution in [0.3, 0.4) is 0 Å². The van der Waals surface area contributed by atoms with Crippen LogP contribution in [0, 0.1) is 11.6 Å². The quantitative estimate of drug-likeness (QED) is 0.842. The molecule has 1 saturated carbocycles. The summed E-state index contributed by atoms with van der Waals surface area (Å²) in [7, 11) is 1.28. The highest BCUT2D eigenvalue weighted by atomic mass is 19.4. The second-order valence-electron chi connectivity index (χ2n) is 4.60. The summed E-state index contributed by atoms with van der Waals surface area (Å²) in [6.45, 7) is 0. The number of anilines is 1. The van der Waals surface area contributed by atoms with Crippen molar-refractivity contribution >= 4 is 11.6 Å². The highest BCUT2D eigenvalue weighted by Gasteiger charge is 2.64. The summed E-state index contributed by atoms with van der Waals surface area (Å²) in [6, 6.07) is 1.38. The van der Waals surface area contributed by atoms with E-state index >= 15 is 0 Å². The van der Waals surface area contributed by atoms with Crippen LogP contribution in [-0.2, 0) is 0 Å². The molecule has 8 heteroatoms. The number of hydrogen-bond donors (Lipinski definition) is 2. The van der Waals surface area contributed by atoms with Gasteiger partial charge in [0.05, 0.1) is 0 Å². The highest BCUT2D eigenvalue weighted by Crippen LogP contribution is 2.49. The Morgan fingerprint density at radius 2 is 1.70 bits per heavy atom. The first-order valence-electron chi connectivity index (χ1n) is 5.76. The van der Waals surface area contributed by atoms with Crippen LogP contribution < -0.4 is 10.6 Å². The Bertz CT molecular complexity index is 528. The molecule has 1 aromatic rings. The molecule has 1 aromatic carbocycles. The van der Waals surface area contributed by atoms with Gasteiger partial charge in [-0.15, -0.1) is 0 Å². The molecule has 2 rings (SSSR count). The SMILES string of the molecule is CNc1c(F)cc(C(=O)NC2(C(F)(F)F)CC2)cc1F. The maximum atomic E-state index is 13.4. The molecular formula is C12H11F5N2O. The molecule has 1 amide bonds. The molecule has 0 aliphatic heterocycles. The Kier molecular flexibility index (Phi) is 3.35. The Labute approximate surface area is 111 Å². The third-order valence-corrected chi connectivity index (χ3v) is 3.20. The summed E-state index contributed by atoms with van der Waals surface area (Å²) >= 11 is 0. The highest BCUT2D eigenvalue weighted by molar-refractivity contribution is 5.95. The molecule has 0 saturated heterocycles. The molecule has 0 spiro atoms.